The number of aromatic amines is 1. The zero-order valence-electron chi connectivity index (χ0n) is 14.1. The predicted octanol–water partition coefficient (Wildman–Crippen LogP) is -0.0781. The van der Waals surface area contributed by atoms with Crippen LogP contribution in [-0.4, -0.2) is 21.9 Å². The van der Waals surface area contributed by atoms with E-state index in [-0.39, 0.29) is 5.56 Å². The van der Waals surface area contributed by atoms with Gasteiger partial charge in [0.2, 0.25) is 0 Å². The smallest absolute Gasteiger partial charge is 0.279 e. The van der Waals surface area contributed by atoms with Crippen molar-refractivity contribution in [2.45, 2.75) is 13.0 Å². The molecule has 1 aromatic heterocycles. The van der Waals surface area contributed by atoms with Gasteiger partial charge in [-0.1, -0.05) is 36.9 Å². The summed E-state index contributed by atoms with van der Waals surface area (Å²) in [6, 6.07) is 16.0. The van der Waals surface area contributed by atoms with Gasteiger partial charge >= 0.3 is 0 Å². The fraction of sp³-hybridized carbons (Fsp3) is 0.100. The molecule has 6 heteroatoms. The van der Waals surface area contributed by atoms with E-state index < -0.39 is 12.1 Å². The summed E-state index contributed by atoms with van der Waals surface area (Å²) in [5.41, 5.74) is 1.29. The largest absolute Gasteiger partial charge is 0.546 e. The standard InChI is InChI=1S/C20H18N2O4/c1-13-18(19(23)22(21-13)16-6-4-3-5-7-16)12-15-8-10-17(11-9-15)26-14(2)20(24)25/h3-12,14,21H,1H2,2H3,(H,24,25)/p-1/b18-12+/t14-/m0/s1. The minimum absolute atomic E-state index is 0.202. The van der Waals surface area contributed by atoms with Crippen LogP contribution in [0.25, 0.3) is 18.3 Å². The summed E-state index contributed by atoms with van der Waals surface area (Å²) >= 11 is 0. The molecular formula is C20H17N2O4-. The summed E-state index contributed by atoms with van der Waals surface area (Å²) < 4.78 is 6.67. The summed E-state index contributed by atoms with van der Waals surface area (Å²) in [5.74, 6) is -0.874. The van der Waals surface area contributed by atoms with Crippen molar-refractivity contribution in [1.29, 1.82) is 0 Å². The molecule has 0 aliphatic rings. The number of nitrogens with one attached hydrogen (secondary N) is 1. The molecule has 1 heterocycles. The maximum atomic E-state index is 12.6. The molecule has 3 aromatic rings. The van der Waals surface area contributed by atoms with E-state index in [1.165, 1.54) is 11.6 Å². The lowest BCUT2D eigenvalue weighted by Gasteiger charge is -2.15. The summed E-state index contributed by atoms with van der Waals surface area (Å²) in [7, 11) is 0. The highest BCUT2D eigenvalue weighted by Gasteiger charge is 2.06. The second-order valence-electron chi connectivity index (χ2n) is 5.77. The number of hydrogen-bond acceptors (Lipinski definition) is 4. The second kappa shape index (κ2) is 7.14. The third-order valence-corrected chi connectivity index (χ3v) is 3.86. The minimum Gasteiger partial charge on any atom is -0.546 e. The molecule has 0 aliphatic carbocycles. The van der Waals surface area contributed by atoms with Gasteiger partial charge in [-0.25, -0.2) is 4.68 Å². The number of carbonyl (C=O) groups is 1. The number of nitrogens with zero attached hydrogens (tertiary/aromatic N) is 1. The average Bonchev–Trinajstić information content (AvgIpc) is 2.92. The lowest BCUT2D eigenvalue weighted by molar-refractivity contribution is -0.312. The molecule has 3 rings (SSSR count). The number of carboxylic acid groups (broad SMARTS) is 1. The van der Waals surface area contributed by atoms with E-state index in [0.29, 0.717) is 16.3 Å². The number of carbonyl (C=O) groups excluding carboxylic acids is 1. The SMILES string of the molecule is C=c1[nH]n(-c2ccccc2)c(=O)/c1=C/c1ccc(O[C@@H](C)C(=O)[O-])cc1. The number of benzene rings is 2. The quantitative estimate of drug-likeness (QED) is 0.698. The molecule has 132 valence electrons. The second-order valence-corrected chi connectivity index (χ2v) is 5.77. The number of H-pyrrole nitrogens is 1. The van der Waals surface area contributed by atoms with E-state index >= 15 is 0 Å². The van der Waals surface area contributed by atoms with Gasteiger partial charge in [0, 0.05) is 0 Å². The molecule has 0 radical (unpaired) electrons. The highest BCUT2D eigenvalue weighted by atomic mass is 16.5. The first-order valence-corrected chi connectivity index (χ1v) is 8.00. The van der Waals surface area contributed by atoms with Gasteiger partial charge in [-0.05, 0) is 42.8 Å². The van der Waals surface area contributed by atoms with Gasteiger partial charge in [-0.15, -0.1) is 0 Å². The third kappa shape index (κ3) is 3.59. The number of hydrogen-bond donors (Lipinski definition) is 1. The van der Waals surface area contributed by atoms with Crippen LogP contribution >= 0.6 is 0 Å². The lowest BCUT2D eigenvalue weighted by atomic mass is 10.2. The molecule has 1 N–H and O–H groups in total. The Morgan fingerprint density at radius 3 is 2.46 bits per heavy atom. The van der Waals surface area contributed by atoms with Crippen LogP contribution in [0, 0.1) is 0 Å². The van der Waals surface area contributed by atoms with Crippen LogP contribution in [0.3, 0.4) is 0 Å². The summed E-state index contributed by atoms with van der Waals surface area (Å²) in [4.78, 5) is 23.4. The van der Waals surface area contributed by atoms with Crippen molar-refractivity contribution in [1.82, 2.24) is 9.78 Å². The Bertz CT molecular complexity index is 1080. The average molecular weight is 349 g/mol. The molecule has 2 aromatic carbocycles. The van der Waals surface area contributed by atoms with E-state index in [1.807, 2.05) is 30.3 Å². The number of aliphatic carboxylic acids is 1. The summed E-state index contributed by atoms with van der Waals surface area (Å²) in [6.45, 7) is 5.29. The monoisotopic (exact) mass is 349 g/mol. The molecule has 0 aliphatic heterocycles. The van der Waals surface area contributed by atoms with Gasteiger partial charge in [-0.3, -0.25) is 9.89 Å². The van der Waals surface area contributed by atoms with Gasteiger partial charge < -0.3 is 14.6 Å². The van der Waals surface area contributed by atoms with Crippen molar-refractivity contribution in [3.63, 3.8) is 0 Å². The lowest BCUT2D eigenvalue weighted by Crippen LogP contribution is -2.37. The van der Waals surface area contributed by atoms with Crippen molar-refractivity contribution < 1.29 is 14.6 Å². The third-order valence-electron chi connectivity index (χ3n) is 3.86. The molecule has 1 atom stereocenters. The van der Waals surface area contributed by atoms with Crippen molar-refractivity contribution in [3.8, 4) is 11.4 Å². The molecule has 6 nitrogen and oxygen atoms in total. The van der Waals surface area contributed by atoms with Crippen LogP contribution in [0.4, 0.5) is 0 Å². The molecule has 0 saturated heterocycles. The van der Waals surface area contributed by atoms with E-state index in [9.17, 15) is 14.7 Å². The normalized spacial score (nSPS) is 12.7. The Balaban J connectivity index is 1.94. The van der Waals surface area contributed by atoms with E-state index in [2.05, 4.69) is 11.7 Å². The Kier molecular flexibility index (Phi) is 4.75. The van der Waals surface area contributed by atoms with Crippen molar-refractivity contribution >= 4 is 18.6 Å². The molecule has 0 saturated carbocycles. The van der Waals surface area contributed by atoms with Crippen LogP contribution < -0.4 is 26.0 Å². The fourth-order valence-corrected chi connectivity index (χ4v) is 2.46. The Morgan fingerprint density at radius 1 is 1.19 bits per heavy atom. The minimum atomic E-state index is -1.28. The number of aromatic nitrogens is 2. The highest BCUT2D eigenvalue weighted by molar-refractivity contribution is 5.69. The van der Waals surface area contributed by atoms with E-state index in [1.54, 1.807) is 30.3 Å². The van der Waals surface area contributed by atoms with Gasteiger partial charge in [0.15, 0.2) is 0 Å². The van der Waals surface area contributed by atoms with Crippen LogP contribution in [0.1, 0.15) is 12.5 Å². The predicted molar refractivity (Wildman–Crippen MR) is 96.3 cm³/mol. The number of carboxylic acids is 1. The highest BCUT2D eigenvalue weighted by Crippen LogP contribution is 2.14. The first-order chi connectivity index (χ1) is 12.5. The fourth-order valence-electron chi connectivity index (χ4n) is 2.46. The maximum absolute atomic E-state index is 12.6. The van der Waals surface area contributed by atoms with E-state index in [4.69, 9.17) is 4.74 Å². The molecule has 0 bridgehead atoms. The van der Waals surface area contributed by atoms with Gasteiger partial charge in [0.05, 0.1) is 22.2 Å². The van der Waals surface area contributed by atoms with Crippen LogP contribution in [-0.2, 0) is 4.79 Å². The van der Waals surface area contributed by atoms with Crippen molar-refractivity contribution in [3.05, 3.63) is 81.1 Å². The molecule has 26 heavy (non-hydrogen) atoms. The van der Waals surface area contributed by atoms with Crippen LogP contribution in [0.15, 0.2) is 59.4 Å². The topological polar surface area (TPSA) is 87.2 Å². The van der Waals surface area contributed by atoms with Gasteiger partial charge in [-0.2, -0.15) is 0 Å². The Labute approximate surface area is 149 Å². The Hall–Kier alpha value is -3.54. The molecule has 0 fully saturated rings. The first-order valence-electron chi connectivity index (χ1n) is 8.00. The van der Waals surface area contributed by atoms with Crippen molar-refractivity contribution in [2.24, 2.45) is 0 Å². The molecule has 0 spiro atoms. The molecule has 0 unspecified atom stereocenters. The number of ether oxygens (including phenoxy) is 1. The van der Waals surface area contributed by atoms with Gasteiger partial charge in [0.1, 0.15) is 11.9 Å². The zero-order valence-corrected chi connectivity index (χ0v) is 14.1. The number of para-hydroxylation sites is 1. The number of rotatable bonds is 5. The summed E-state index contributed by atoms with van der Waals surface area (Å²) in [6.07, 6.45) is 0.672. The molecular weight excluding hydrogens is 332 g/mol. The zero-order chi connectivity index (χ0) is 18.7. The van der Waals surface area contributed by atoms with Crippen molar-refractivity contribution in [2.75, 3.05) is 0 Å². The summed E-state index contributed by atoms with van der Waals surface area (Å²) in [5, 5.41) is 14.6. The molecule has 0 amide bonds. The first kappa shape index (κ1) is 17.3. The Morgan fingerprint density at radius 2 is 1.85 bits per heavy atom. The van der Waals surface area contributed by atoms with E-state index in [0.717, 1.165) is 11.3 Å². The maximum Gasteiger partial charge on any atom is 0.279 e. The van der Waals surface area contributed by atoms with Gasteiger partial charge in [0.25, 0.3) is 5.56 Å². The van der Waals surface area contributed by atoms with Crippen LogP contribution in [0.5, 0.6) is 5.75 Å². The van der Waals surface area contributed by atoms with Crippen LogP contribution in [0.2, 0.25) is 0 Å².